The Morgan fingerprint density at radius 2 is 1.63 bits per heavy atom. The highest BCUT2D eigenvalue weighted by molar-refractivity contribution is 7.17. The largest absolute Gasteiger partial charge is 0.507 e. The first-order chi connectivity index (χ1) is 24.7. The number of nitrogens with one attached hydrogen (secondary N) is 2. The SMILES string of the molecule is CN1CCc2c(c3ccc(-c4ccc(O)c(-c5ccc(-c6csc7[nH]c(=O)c(C#N)c(O)c67)cc5)c4)cc3n2Cc2ccc(C(=O)NO)cc2)C1. The molecule has 51 heavy (non-hydrogen) atoms. The van der Waals surface area contributed by atoms with Crippen LogP contribution in [-0.4, -0.2) is 49.4 Å². The lowest BCUT2D eigenvalue weighted by atomic mass is 9.95. The summed E-state index contributed by atoms with van der Waals surface area (Å²) in [5.41, 5.74) is 10.8. The van der Waals surface area contributed by atoms with Crippen molar-refractivity contribution in [3.8, 4) is 50.9 Å². The van der Waals surface area contributed by atoms with E-state index in [1.165, 1.54) is 28.0 Å². The summed E-state index contributed by atoms with van der Waals surface area (Å²) >= 11 is 1.28. The molecular weight excluding hydrogens is 663 g/mol. The minimum atomic E-state index is -0.623. The molecule has 0 aliphatic carbocycles. The fraction of sp³-hybridized carbons (Fsp3) is 0.125. The first-order valence-corrected chi connectivity index (χ1v) is 17.2. The molecule has 1 aliphatic heterocycles. The summed E-state index contributed by atoms with van der Waals surface area (Å²) in [6.45, 7) is 2.43. The molecular formula is C40H31N5O5S. The van der Waals surface area contributed by atoms with E-state index in [1.54, 1.807) is 29.7 Å². The lowest BCUT2D eigenvalue weighted by Crippen LogP contribution is -2.27. The van der Waals surface area contributed by atoms with E-state index in [2.05, 4.69) is 39.7 Å². The maximum absolute atomic E-state index is 12.2. The van der Waals surface area contributed by atoms with Crippen LogP contribution in [0.4, 0.5) is 0 Å². The van der Waals surface area contributed by atoms with Crippen LogP contribution in [0.25, 0.3) is 54.5 Å². The van der Waals surface area contributed by atoms with Crippen LogP contribution in [0.1, 0.15) is 32.7 Å². The normalized spacial score (nSPS) is 13.0. The van der Waals surface area contributed by atoms with Crippen molar-refractivity contribution in [2.75, 3.05) is 13.6 Å². The number of nitrogens with zero attached hydrogens (tertiary/aromatic N) is 3. The van der Waals surface area contributed by atoms with E-state index in [9.17, 15) is 25.1 Å². The van der Waals surface area contributed by atoms with Crippen molar-refractivity contribution in [2.45, 2.75) is 19.5 Å². The fourth-order valence-corrected chi connectivity index (χ4v) is 8.09. The number of pyridine rings is 1. The van der Waals surface area contributed by atoms with Crippen LogP contribution in [0.5, 0.6) is 11.5 Å². The number of likely N-dealkylation sites (N-methyl/N-ethyl adjacent to an activating group) is 1. The summed E-state index contributed by atoms with van der Waals surface area (Å²) in [4.78, 5) is 29.5. The molecule has 0 atom stereocenters. The molecule has 1 aliphatic rings. The van der Waals surface area contributed by atoms with E-state index in [4.69, 9.17) is 5.21 Å². The summed E-state index contributed by atoms with van der Waals surface area (Å²) < 4.78 is 2.36. The van der Waals surface area contributed by atoms with Crippen LogP contribution < -0.4 is 11.0 Å². The average molecular weight is 694 g/mol. The minimum absolute atomic E-state index is 0.141. The number of fused-ring (bicyclic) bond motifs is 4. The van der Waals surface area contributed by atoms with Gasteiger partial charge in [0.05, 0.1) is 5.39 Å². The zero-order chi connectivity index (χ0) is 35.4. The van der Waals surface area contributed by atoms with Crippen LogP contribution in [-0.2, 0) is 19.5 Å². The second kappa shape index (κ2) is 12.6. The lowest BCUT2D eigenvalue weighted by Gasteiger charge is -2.24. The Bertz CT molecular complexity index is 2610. The van der Waals surface area contributed by atoms with Gasteiger partial charge in [0.1, 0.15) is 22.4 Å². The monoisotopic (exact) mass is 693 g/mol. The number of rotatable bonds is 6. The van der Waals surface area contributed by atoms with E-state index in [0.29, 0.717) is 33.5 Å². The summed E-state index contributed by atoms with van der Waals surface area (Å²) in [6, 6.07) is 28.7. The zero-order valence-corrected chi connectivity index (χ0v) is 28.2. The van der Waals surface area contributed by atoms with Crippen molar-refractivity contribution in [2.24, 2.45) is 0 Å². The number of hydrogen-bond acceptors (Lipinski definition) is 8. The van der Waals surface area contributed by atoms with Crippen molar-refractivity contribution in [1.29, 1.82) is 5.26 Å². The van der Waals surface area contributed by atoms with Gasteiger partial charge < -0.3 is 24.7 Å². The summed E-state index contributed by atoms with van der Waals surface area (Å²) in [5.74, 6) is -0.738. The van der Waals surface area contributed by atoms with Crippen LogP contribution in [0.3, 0.4) is 0 Å². The smallest absolute Gasteiger partial charge is 0.274 e. The lowest BCUT2D eigenvalue weighted by molar-refractivity contribution is 0.0706. The number of carbonyl (C=O) groups is 1. The molecule has 5 N–H and O–H groups in total. The highest BCUT2D eigenvalue weighted by Crippen LogP contribution is 2.41. The maximum Gasteiger partial charge on any atom is 0.274 e. The Labute approximate surface area is 295 Å². The van der Waals surface area contributed by atoms with E-state index < -0.39 is 11.5 Å². The number of hydrogen-bond donors (Lipinski definition) is 5. The zero-order valence-electron chi connectivity index (χ0n) is 27.4. The number of carbonyl (C=O) groups excluding carboxylic acids is 1. The van der Waals surface area contributed by atoms with Crippen LogP contribution in [0.15, 0.2) is 95.1 Å². The third kappa shape index (κ3) is 5.52. The number of nitriles is 1. The Hall–Kier alpha value is -6.19. The molecule has 0 saturated heterocycles. The van der Waals surface area contributed by atoms with Crippen molar-refractivity contribution in [3.05, 3.63) is 129 Å². The van der Waals surface area contributed by atoms with Gasteiger partial charge in [-0.3, -0.25) is 14.8 Å². The van der Waals surface area contributed by atoms with Gasteiger partial charge in [0.25, 0.3) is 11.5 Å². The highest BCUT2D eigenvalue weighted by Gasteiger charge is 2.23. The van der Waals surface area contributed by atoms with E-state index in [-0.39, 0.29) is 17.1 Å². The quantitative estimate of drug-likeness (QED) is 0.0930. The molecule has 4 heterocycles. The predicted molar refractivity (Wildman–Crippen MR) is 197 cm³/mol. The van der Waals surface area contributed by atoms with Gasteiger partial charge in [-0.2, -0.15) is 5.26 Å². The third-order valence-corrected chi connectivity index (χ3v) is 10.7. The number of benzene rings is 4. The first kappa shape index (κ1) is 32.0. The van der Waals surface area contributed by atoms with Gasteiger partial charge in [0.15, 0.2) is 5.56 Å². The van der Waals surface area contributed by atoms with Gasteiger partial charge in [-0.25, -0.2) is 5.48 Å². The number of H-pyrrole nitrogens is 1. The van der Waals surface area contributed by atoms with Crippen molar-refractivity contribution in [3.63, 3.8) is 0 Å². The van der Waals surface area contributed by atoms with Crippen LogP contribution in [0.2, 0.25) is 0 Å². The molecule has 3 aromatic heterocycles. The number of amides is 1. The molecule has 0 radical (unpaired) electrons. The Morgan fingerprint density at radius 1 is 0.941 bits per heavy atom. The molecule has 8 rings (SSSR count). The Kier molecular flexibility index (Phi) is 7.92. The van der Waals surface area contributed by atoms with Crippen molar-refractivity contribution >= 4 is 38.4 Å². The number of aromatic nitrogens is 2. The van der Waals surface area contributed by atoms with Gasteiger partial charge in [-0.15, -0.1) is 11.3 Å². The van der Waals surface area contributed by atoms with Crippen LogP contribution in [0, 0.1) is 11.3 Å². The summed E-state index contributed by atoms with van der Waals surface area (Å²) in [7, 11) is 2.13. The molecule has 0 spiro atoms. The van der Waals surface area contributed by atoms with Gasteiger partial charge in [-0.1, -0.05) is 54.6 Å². The molecule has 1 amide bonds. The highest BCUT2D eigenvalue weighted by atomic mass is 32.1. The molecule has 11 heteroatoms. The van der Waals surface area contributed by atoms with Crippen molar-refractivity contribution < 1.29 is 20.2 Å². The van der Waals surface area contributed by atoms with E-state index in [1.807, 2.05) is 53.9 Å². The predicted octanol–water partition coefficient (Wildman–Crippen LogP) is 6.98. The molecule has 0 saturated carbocycles. The summed E-state index contributed by atoms with van der Waals surface area (Å²) in [6.07, 6.45) is 0.915. The molecule has 252 valence electrons. The van der Waals surface area contributed by atoms with Gasteiger partial charge in [-0.05, 0) is 70.8 Å². The van der Waals surface area contributed by atoms with Gasteiger partial charge in [0, 0.05) is 64.7 Å². The standard InChI is InChI=1S/C40H31N5O5S/c1-44-15-14-33-31(20-44)28-12-10-27(17-34(28)45(33)19-22-2-4-25(5-3-22)38(48)43-50)26-11-13-35(46)29(16-26)23-6-8-24(9-7-23)32-21-51-40-36(32)37(47)30(18-41)39(49)42-40/h2-13,16-17,21,46,50H,14-15,19-20H2,1H3,(H,43,48)(H2,42,47,49). The number of phenolic OH excluding ortho intramolecular Hbond substituents is 1. The number of aromatic amines is 1. The van der Waals surface area contributed by atoms with Crippen LogP contribution >= 0.6 is 11.3 Å². The number of aromatic hydroxyl groups is 2. The Balaban J connectivity index is 1.16. The average Bonchev–Trinajstić information content (AvgIpc) is 3.70. The molecule has 0 unspecified atom stereocenters. The van der Waals surface area contributed by atoms with Gasteiger partial charge in [0.2, 0.25) is 0 Å². The number of hydroxylamine groups is 1. The molecule has 4 aromatic carbocycles. The van der Waals surface area contributed by atoms with E-state index in [0.717, 1.165) is 52.8 Å². The number of phenols is 1. The number of thiophene rings is 1. The fourth-order valence-electron chi connectivity index (χ4n) is 7.13. The van der Waals surface area contributed by atoms with Crippen molar-refractivity contribution in [1.82, 2.24) is 19.9 Å². The van der Waals surface area contributed by atoms with E-state index >= 15 is 0 Å². The van der Waals surface area contributed by atoms with Gasteiger partial charge >= 0.3 is 0 Å². The maximum atomic E-state index is 12.2. The minimum Gasteiger partial charge on any atom is -0.507 e. The molecule has 0 bridgehead atoms. The summed E-state index contributed by atoms with van der Waals surface area (Å²) in [5, 5.41) is 43.6. The second-order valence-electron chi connectivity index (χ2n) is 12.8. The molecule has 10 nitrogen and oxygen atoms in total. The topological polar surface area (TPSA) is 155 Å². The second-order valence-corrected chi connectivity index (χ2v) is 13.7. The molecule has 7 aromatic rings. The third-order valence-electron chi connectivity index (χ3n) is 9.77. The Morgan fingerprint density at radius 3 is 2.35 bits per heavy atom. The molecule has 0 fully saturated rings. The first-order valence-electron chi connectivity index (χ1n) is 16.3.